The molecule has 144 valence electrons. The molecule has 0 aliphatic heterocycles. The van der Waals surface area contributed by atoms with Crippen LogP contribution in [0.15, 0.2) is 48.5 Å². The molecule has 0 spiro atoms. The van der Waals surface area contributed by atoms with Crippen molar-refractivity contribution in [3.63, 3.8) is 0 Å². The van der Waals surface area contributed by atoms with Crippen molar-refractivity contribution in [3.8, 4) is 11.5 Å². The molecule has 0 aliphatic carbocycles. The van der Waals surface area contributed by atoms with Crippen LogP contribution < -0.4 is 20.1 Å². The maximum Gasteiger partial charge on any atom is 0.265 e. The molecule has 2 N–H and O–H groups in total. The van der Waals surface area contributed by atoms with Crippen LogP contribution in [0.5, 0.6) is 11.5 Å². The molecule has 0 unspecified atom stereocenters. The number of rotatable bonds is 6. The minimum absolute atomic E-state index is 0.250. The molecule has 0 aromatic heterocycles. The van der Waals surface area contributed by atoms with Crippen molar-refractivity contribution in [1.29, 1.82) is 0 Å². The van der Waals surface area contributed by atoms with Crippen LogP contribution in [-0.4, -0.2) is 30.6 Å². The number of nitrogens with one attached hydrogen (secondary N) is 2. The predicted molar refractivity (Wildman–Crippen MR) is 105 cm³/mol. The van der Waals surface area contributed by atoms with Crippen LogP contribution in [0.3, 0.4) is 0 Å². The molecule has 2 amide bonds. The van der Waals surface area contributed by atoms with E-state index in [0.717, 1.165) is 0 Å². The third kappa shape index (κ3) is 6.02. The van der Waals surface area contributed by atoms with Gasteiger partial charge in [-0.2, -0.15) is 0 Å². The van der Waals surface area contributed by atoms with Crippen molar-refractivity contribution in [2.75, 3.05) is 12.4 Å². The number of hydrogen-bond donors (Lipinski definition) is 2. The number of carbonyl (C=O) groups is 2. The Bertz CT molecular complexity index is 812. The molecule has 2 rings (SSSR count). The summed E-state index contributed by atoms with van der Waals surface area (Å²) in [5.74, 6) is 0.564. The maximum absolute atomic E-state index is 12.5. The third-order valence-corrected chi connectivity index (χ3v) is 3.64. The lowest BCUT2D eigenvalue weighted by Crippen LogP contribution is -2.41. The molecule has 0 heterocycles. The second-order valence-corrected chi connectivity index (χ2v) is 7.18. The van der Waals surface area contributed by atoms with E-state index >= 15 is 0 Å². The molecule has 2 aromatic carbocycles. The summed E-state index contributed by atoms with van der Waals surface area (Å²) in [6.07, 6.45) is -0.754. The second-order valence-electron chi connectivity index (χ2n) is 7.18. The predicted octanol–water partition coefficient (Wildman–Crippen LogP) is 3.63. The van der Waals surface area contributed by atoms with Gasteiger partial charge in [-0.3, -0.25) is 9.59 Å². The molecule has 0 radical (unpaired) electrons. The monoisotopic (exact) mass is 370 g/mol. The zero-order chi connectivity index (χ0) is 20.0. The highest BCUT2D eigenvalue weighted by molar-refractivity contribution is 6.04. The highest BCUT2D eigenvalue weighted by Gasteiger charge is 2.21. The first-order valence-electron chi connectivity index (χ1n) is 8.73. The van der Waals surface area contributed by atoms with Gasteiger partial charge in [0.15, 0.2) is 6.10 Å². The molecule has 6 heteroatoms. The summed E-state index contributed by atoms with van der Waals surface area (Å²) < 4.78 is 10.8. The van der Waals surface area contributed by atoms with Crippen LogP contribution in [0.25, 0.3) is 0 Å². The number of ether oxygens (including phenoxy) is 2. The van der Waals surface area contributed by atoms with Gasteiger partial charge in [-0.25, -0.2) is 0 Å². The summed E-state index contributed by atoms with van der Waals surface area (Å²) in [5.41, 5.74) is 0.455. The summed E-state index contributed by atoms with van der Waals surface area (Å²) >= 11 is 0. The first-order valence-corrected chi connectivity index (χ1v) is 8.73. The third-order valence-electron chi connectivity index (χ3n) is 3.64. The van der Waals surface area contributed by atoms with Gasteiger partial charge in [0.1, 0.15) is 11.5 Å². The van der Waals surface area contributed by atoms with E-state index in [4.69, 9.17) is 9.47 Å². The van der Waals surface area contributed by atoms with Crippen molar-refractivity contribution in [2.45, 2.75) is 39.3 Å². The second kappa shape index (κ2) is 8.58. The summed E-state index contributed by atoms with van der Waals surface area (Å²) in [7, 11) is 1.56. The van der Waals surface area contributed by atoms with Gasteiger partial charge in [0.25, 0.3) is 11.8 Å². The fraction of sp³-hybridized carbons (Fsp3) is 0.333. The van der Waals surface area contributed by atoms with Crippen molar-refractivity contribution in [3.05, 3.63) is 54.1 Å². The average molecular weight is 370 g/mol. The topological polar surface area (TPSA) is 76.7 Å². The zero-order valence-corrected chi connectivity index (χ0v) is 16.3. The largest absolute Gasteiger partial charge is 0.497 e. The molecule has 0 fully saturated rings. The van der Waals surface area contributed by atoms with Crippen LogP contribution in [0.4, 0.5) is 5.69 Å². The molecule has 0 saturated carbocycles. The van der Waals surface area contributed by atoms with Crippen molar-refractivity contribution in [1.82, 2.24) is 5.32 Å². The van der Waals surface area contributed by atoms with Crippen molar-refractivity contribution in [2.24, 2.45) is 0 Å². The standard InChI is InChI=1S/C21H26N2O4/c1-14(27-16-10-8-9-15(13-16)26-5)19(24)22-18-12-7-6-11-17(18)20(25)23-21(2,3)4/h6-14H,1-5H3,(H,22,24)(H,23,25)/t14-/m1/s1. The molecule has 6 nitrogen and oxygen atoms in total. The van der Waals surface area contributed by atoms with Crippen molar-refractivity contribution < 1.29 is 19.1 Å². The molecule has 2 aromatic rings. The van der Waals surface area contributed by atoms with Gasteiger partial charge in [0.05, 0.1) is 18.4 Å². The first-order chi connectivity index (χ1) is 12.7. The molecule has 27 heavy (non-hydrogen) atoms. The van der Waals surface area contributed by atoms with E-state index in [0.29, 0.717) is 22.7 Å². The summed E-state index contributed by atoms with van der Waals surface area (Å²) in [5, 5.41) is 5.67. The maximum atomic E-state index is 12.5. The van der Waals surface area contributed by atoms with Gasteiger partial charge in [-0.15, -0.1) is 0 Å². The van der Waals surface area contributed by atoms with Gasteiger partial charge in [0.2, 0.25) is 0 Å². The number of carbonyl (C=O) groups excluding carboxylic acids is 2. The van der Waals surface area contributed by atoms with Gasteiger partial charge in [-0.05, 0) is 52.0 Å². The van der Waals surface area contributed by atoms with E-state index in [-0.39, 0.29) is 17.4 Å². The van der Waals surface area contributed by atoms with E-state index in [1.165, 1.54) is 0 Å². The number of amides is 2. The van der Waals surface area contributed by atoms with Crippen LogP contribution in [-0.2, 0) is 4.79 Å². The van der Waals surface area contributed by atoms with E-state index < -0.39 is 6.10 Å². The van der Waals surface area contributed by atoms with Gasteiger partial charge in [0, 0.05) is 11.6 Å². The van der Waals surface area contributed by atoms with Crippen LogP contribution in [0.1, 0.15) is 38.1 Å². The smallest absolute Gasteiger partial charge is 0.265 e. The lowest BCUT2D eigenvalue weighted by atomic mass is 10.1. The number of methoxy groups -OCH3 is 1. The van der Waals surface area contributed by atoms with E-state index in [9.17, 15) is 9.59 Å². The van der Waals surface area contributed by atoms with E-state index in [1.807, 2.05) is 20.8 Å². The summed E-state index contributed by atoms with van der Waals surface area (Å²) in [6, 6.07) is 13.9. The Balaban J connectivity index is 2.09. The lowest BCUT2D eigenvalue weighted by molar-refractivity contribution is -0.122. The Kier molecular flexibility index (Phi) is 6.45. The Morgan fingerprint density at radius 2 is 1.67 bits per heavy atom. The quantitative estimate of drug-likeness (QED) is 0.814. The number of anilines is 1. The first kappa shape index (κ1) is 20.3. The molecule has 1 atom stereocenters. The normalized spacial score (nSPS) is 12.0. The van der Waals surface area contributed by atoms with Gasteiger partial charge in [-0.1, -0.05) is 18.2 Å². The zero-order valence-electron chi connectivity index (χ0n) is 16.3. The summed E-state index contributed by atoms with van der Waals surface area (Å²) in [6.45, 7) is 7.34. The lowest BCUT2D eigenvalue weighted by Gasteiger charge is -2.22. The minimum Gasteiger partial charge on any atom is -0.497 e. The Labute approximate surface area is 159 Å². The van der Waals surface area contributed by atoms with Crippen LogP contribution >= 0.6 is 0 Å². The fourth-order valence-corrected chi connectivity index (χ4v) is 2.36. The molecular weight excluding hydrogens is 344 g/mol. The fourth-order valence-electron chi connectivity index (χ4n) is 2.36. The van der Waals surface area contributed by atoms with E-state index in [2.05, 4.69) is 10.6 Å². The number of hydrogen-bond acceptors (Lipinski definition) is 4. The summed E-state index contributed by atoms with van der Waals surface area (Å²) in [4.78, 5) is 25.0. The Morgan fingerprint density at radius 1 is 1.00 bits per heavy atom. The highest BCUT2D eigenvalue weighted by atomic mass is 16.5. The SMILES string of the molecule is COc1cccc(O[C@H](C)C(=O)Nc2ccccc2C(=O)NC(C)(C)C)c1. The Morgan fingerprint density at radius 3 is 2.33 bits per heavy atom. The van der Waals surface area contributed by atoms with Crippen LogP contribution in [0.2, 0.25) is 0 Å². The molecule has 0 aliphatic rings. The average Bonchev–Trinajstić information content (AvgIpc) is 2.60. The van der Waals surface area contributed by atoms with Gasteiger partial charge >= 0.3 is 0 Å². The highest BCUT2D eigenvalue weighted by Crippen LogP contribution is 2.21. The van der Waals surface area contributed by atoms with Crippen molar-refractivity contribution >= 4 is 17.5 Å². The van der Waals surface area contributed by atoms with Gasteiger partial charge < -0.3 is 20.1 Å². The minimum atomic E-state index is -0.754. The molecule has 0 bridgehead atoms. The Hall–Kier alpha value is -3.02. The number of benzene rings is 2. The number of para-hydroxylation sites is 1. The molecule has 0 saturated heterocycles. The van der Waals surface area contributed by atoms with E-state index in [1.54, 1.807) is 62.6 Å². The molecular formula is C21H26N2O4. The van der Waals surface area contributed by atoms with Crippen LogP contribution in [0, 0.1) is 0 Å².